The lowest BCUT2D eigenvalue weighted by Gasteiger charge is -2.13. The lowest BCUT2D eigenvalue weighted by atomic mass is 9.95. The summed E-state index contributed by atoms with van der Waals surface area (Å²) in [5, 5.41) is 4.91. The summed E-state index contributed by atoms with van der Waals surface area (Å²) < 4.78 is 16.2. The molecule has 0 saturated heterocycles. The molecule has 6 aromatic rings. The van der Waals surface area contributed by atoms with Crippen molar-refractivity contribution in [1.29, 1.82) is 0 Å². The van der Waals surface area contributed by atoms with Gasteiger partial charge in [0.25, 0.3) is 0 Å². The molecule has 0 spiro atoms. The van der Waals surface area contributed by atoms with Crippen LogP contribution in [0.5, 0.6) is 0 Å². The van der Waals surface area contributed by atoms with E-state index in [1.54, 1.807) is 7.11 Å². The van der Waals surface area contributed by atoms with Gasteiger partial charge in [-0.15, -0.1) is 0 Å². The first kappa shape index (κ1) is 33.8. The molecule has 6 rings (SSSR count). The number of nitrogens with zero attached hydrogens (tertiary/aromatic N) is 2. The highest BCUT2D eigenvalue weighted by atomic mass is 16.5. The second-order valence-electron chi connectivity index (χ2n) is 12.8. The molecule has 0 radical (unpaired) electrons. The summed E-state index contributed by atoms with van der Waals surface area (Å²) in [6, 6.07) is 35.6. The number of hydrogen-bond acceptors (Lipinski definition) is 2. The van der Waals surface area contributed by atoms with Gasteiger partial charge in [0.05, 0.1) is 40.9 Å². The first-order valence-corrected chi connectivity index (χ1v) is 17.5. The zero-order valence-electron chi connectivity index (χ0n) is 29.7. The topological polar surface area (TPSA) is 26.2 Å². The molecule has 2 heterocycles. The largest absolute Gasteiger partial charge is 0.502 e. The van der Waals surface area contributed by atoms with Crippen LogP contribution in [-0.2, 0) is 28.9 Å². The SMILES string of the molecule is CCc1ccc(-c2c3ccccc3cc[n+]2C=Cc2cc(CC)ccc2-c2c3ccccc3cc[n+]2CCOC(C)C=C(C)OC)c(C)c1. The van der Waals surface area contributed by atoms with Crippen LogP contribution in [0.3, 0.4) is 0 Å². The molecule has 248 valence electrons. The van der Waals surface area contributed by atoms with E-state index in [1.165, 1.54) is 66.3 Å². The Morgan fingerprint density at radius 2 is 1.39 bits per heavy atom. The Bertz CT molecular complexity index is 2160. The average molecular weight is 649 g/mol. The molecule has 2 aromatic heterocycles. The van der Waals surface area contributed by atoms with Crippen molar-refractivity contribution in [1.82, 2.24) is 0 Å². The first-order chi connectivity index (χ1) is 23.9. The van der Waals surface area contributed by atoms with E-state index in [-0.39, 0.29) is 6.10 Å². The Balaban J connectivity index is 1.47. The Labute approximate surface area is 291 Å². The molecule has 0 bridgehead atoms. The minimum atomic E-state index is -0.0400. The smallest absolute Gasteiger partial charge is 0.225 e. The fourth-order valence-corrected chi connectivity index (χ4v) is 6.73. The van der Waals surface area contributed by atoms with Gasteiger partial charge < -0.3 is 9.47 Å². The van der Waals surface area contributed by atoms with Gasteiger partial charge in [0.15, 0.2) is 25.1 Å². The summed E-state index contributed by atoms with van der Waals surface area (Å²) in [7, 11) is 1.69. The van der Waals surface area contributed by atoms with E-state index in [1.807, 2.05) is 13.0 Å². The van der Waals surface area contributed by atoms with Crippen LogP contribution in [0.1, 0.15) is 49.9 Å². The maximum atomic E-state index is 6.21. The predicted octanol–water partition coefficient (Wildman–Crippen LogP) is 9.92. The molecule has 4 heteroatoms. The van der Waals surface area contributed by atoms with Crippen LogP contribution in [0.2, 0.25) is 0 Å². The molecule has 0 saturated carbocycles. The van der Waals surface area contributed by atoms with Crippen molar-refractivity contribution in [2.45, 2.75) is 60.1 Å². The number of benzene rings is 4. The van der Waals surface area contributed by atoms with Crippen LogP contribution >= 0.6 is 0 Å². The normalized spacial score (nSPS) is 12.7. The highest BCUT2D eigenvalue weighted by Crippen LogP contribution is 2.32. The van der Waals surface area contributed by atoms with E-state index in [9.17, 15) is 0 Å². The summed E-state index contributed by atoms with van der Waals surface area (Å²) >= 11 is 0. The van der Waals surface area contributed by atoms with Crippen molar-refractivity contribution in [2.24, 2.45) is 0 Å². The molecule has 49 heavy (non-hydrogen) atoms. The number of pyridine rings is 2. The van der Waals surface area contributed by atoms with Crippen molar-refractivity contribution in [3.05, 3.63) is 144 Å². The summed E-state index contributed by atoms with van der Waals surface area (Å²) in [6.45, 7) is 12.0. The molecule has 0 aliphatic rings. The van der Waals surface area contributed by atoms with Gasteiger partial charge in [-0.1, -0.05) is 74.5 Å². The van der Waals surface area contributed by atoms with Crippen LogP contribution < -0.4 is 9.13 Å². The zero-order chi connectivity index (χ0) is 34.3. The highest BCUT2D eigenvalue weighted by Gasteiger charge is 2.22. The van der Waals surface area contributed by atoms with Crippen LogP contribution in [-0.4, -0.2) is 19.8 Å². The molecular formula is C45H48N2O2+2. The van der Waals surface area contributed by atoms with Gasteiger partial charge in [0.2, 0.25) is 11.4 Å². The third-order valence-electron chi connectivity index (χ3n) is 9.48. The molecule has 4 nitrogen and oxygen atoms in total. The summed E-state index contributed by atoms with van der Waals surface area (Å²) in [5.74, 6) is 0.861. The molecule has 1 unspecified atom stereocenters. The van der Waals surface area contributed by atoms with Gasteiger partial charge in [0.1, 0.15) is 6.61 Å². The van der Waals surface area contributed by atoms with Crippen LogP contribution in [0.25, 0.3) is 56.3 Å². The standard InChI is InChI=1S/C45H48N2O2/c1-7-35-17-19-40(32(3)29-35)44-41-15-11-9-13-37(41)21-24-46(44)26-23-39-31-36(8-2)18-20-43(39)45-42-16-12-10-14-38(42)22-25-47(45)27-28-49-34(5)30-33(4)48-6/h9-26,29-31,34H,7-8,27-28H2,1-6H3/q+2. The van der Waals surface area contributed by atoms with Crippen LogP contribution in [0, 0.1) is 6.92 Å². The second-order valence-corrected chi connectivity index (χ2v) is 12.8. The molecule has 0 aliphatic carbocycles. The van der Waals surface area contributed by atoms with Crippen molar-refractivity contribution in [3.63, 3.8) is 0 Å². The third-order valence-corrected chi connectivity index (χ3v) is 9.48. The maximum absolute atomic E-state index is 6.21. The number of ether oxygens (including phenoxy) is 2. The third kappa shape index (κ3) is 7.50. The summed E-state index contributed by atoms with van der Waals surface area (Å²) in [5.41, 5.74) is 9.96. The van der Waals surface area contributed by atoms with E-state index < -0.39 is 0 Å². The molecule has 0 N–H and O–H groups in total. The predicted molar refractivity (Wildman–Crippen MR) is 204 cm³/mol. The van der Waals surface area contributed by atoms with E-state index >= 15 is 0 Å². The van der Waals surface area contributed by atoms with Crippen molar-refractivity contribution < 1.29 is 18.6 Å². The fourth-order valence-electron chi connectivity index (χ4n) is 6.73. The highest BCUT2D eigenvalue weighted by molar-refractivity contribution is 5.96. The molecule has 1 atom stereocenters. The zero-order valence-corrected chi connectivity index (χ0v) is 29.7. The second kappa shape index (κ2) is 15.4. The van der Waals surface area contributed by atoms with Gasteiger partial charge in [-0.2, -0.15) is 9.13 Å². The Hall–Kier alpha value is -5.06. The molecule has 0 amide bonds. The summed E-state index contributed by atoms with van der Waals surface area (Å²) in [4.78, 5) is 0. The minimum Gasteiger partial charge on any atom is -0.502 e. The van der Waals surface area contributed by atoms with E-state index in [0.717, 1.165) is 25.1 Å². The van der Waals surface area contributed by atoms with E-state index in [4.69, 9.17) is 9.47 Å². The van der Waals surface area contributed by atoms with E-state index in [2.05, 4.69) is 159 Å². The average Bonchev–Trinajstić information content (AvgIpc) is 3.13. The van der Waals surface area contributed by atoms with E-state index in [0.29, 0.717) is 6.61 Å². The van der Waals surface area contributed by atoms with Gasteiger partial charge in [-0.05, 0) is 97.0 Å². The Morgan fingerprint density at radius 3 is 2.06 bits per heavy atom. The fraction of sp³-hybridized carbons (Fsp3) is 0.244. The van der Waals surface area contributed by atoms with Gasteiger partial charge in [0, 0.05) is 18.2 Å². The Morgan fingerprint density at radius 1 is 0.755 bits per heavy atom. The summed E-state index contributed by atoms with van der Waals surface area (Å²) in [6.07, 6.45) is 12.9. The van der Waals surface area contributed by atoms with Crippen LogP contribution in [0.4, 0.5) is 0 Å². The van der Waals surface area contributed by atoms with Gasteiger partial charge >= 0.3 is 0 Å². The van der Waals surface area contributed by atoms with Crippen LogP contribution in [0.15, 0.2) is 121 Å². The number of fused-ring (bicyclic) bond motifs is 2. The lowest BCUT2D eigenvalue weighted by molar-refractivity contribution is -0.686. The van der Waals surface area contributed by atoms with Crippen molar-refractivity contribution in [2.75, 3.05) is 13.7 Å². The first-order valence-electron chi connectivity index (χ1n) is 17.5. The number of methoxy groups -OCH3 is 1. The number of rotatable bonds is 12. The van der Waals surface area contributed by atoms with Crippen molar-refractivity contribution in [3.8, 4) is 22.5 Å². The number of aromatic nitrogens is 2. The maximum Gasteiger partial charge on any atom is 0.225 e. The lowest BCUT2D eigenvalue weighted by Crippen LogP contribution is -2.39. The number of hydrogen-bond donors (Lipinski definition) is 0. The van der Waals surface area contributed by atoms with Gasteiger partial charge in [-0.3, -0.25) is 0 Å². The molecule has 0 fully saturated rings. The van der Waals surface area contributed by atoms with Gasteiger partial charge in [-0.25, -0.2) is 0 Å². The number of aryl methyl sites for hydroxylation is 3. The minimum absolute atomic E-state index is 0.0400. The number of allylic oxidation sites excluding steroid dienone is 1. The quantitative estimate of drug-likeness (QED) is 0.0975. The monoisotopic (exact) mass is 648 g/mol. The molecule has 4 aromatic carbocycles. The molecular weight excluding hydrogens is 601 g/mol. The van der Waals surface area contributed by atoms with Crippen molar-refractivity contribution >= 4 is 33.8 Å². The Kier molecular flexibility index (Phi) is 10.7. The molecule has 0 aliphatic heterocycles.